The van der Waals surface area contributed by atoms with Gasteiger partial charge in [-0.3, -0.25) is 9.59 Å². The number of aryl methyl sites for hydroxylation is 1. The van der Waals surface area contributed by atoms with E-state index in [-0.39, 0.29) is 5.91 Å². The Hall–Kier alpha value is -1.36. The maximum absolute atomic E-state index is 11.7. The lowest BCUT2D eigenvalue weighted by atomic mass is 9.90. The molecule has 94 valence electrons. The number of carbonyl (C=O) groups is 2. The molecule has 0 radical (unpaired) electrons. The van der Waals surface area contributed by atoms with Crippen LogP contribution in [0.15, 0.2) is 12.1 Å². The third-order valence-corrected chi connectivity index (χ3v) is 3.58. The van der Waals surface area contributed by atoms with E-state index in [1.807, 2.05) is 13.0 Å². The summed E-state index contributed by atoms with van der Waals surface area (Å²) in [7, 11) is 0. The first kappa shape index (κ1) is 13.7. The fourth-order valence-electron chi connectivity index (χ4n) is 1.24. The zero-order valence-corrected chi connectivity index (χ0v) is 11.1. The summed E-state index contributed by atoms with van der Waals surface area (Å²) < 4.78 is 0. The first-order valence-electron chi connectivity index (χ1n) is 5.41. The Morgan fingerprint density at radius 3 is 2.53 bits per heavy atom. The summed E-state index contributed by atoms with van der Waals surface area (Å²) in [4.78, 5) is 24.3. The summed E-state index contributed by atoms with van der Waals surface area (Å²) in [5.74, 6) is -0.983. The molecule has 0 aliphatic heterocycles. The Balaban J connectivity index is 2.42. The van der Waals surface area contributed by atoms with Gasteiger partial charge in [0.1, 0.15) is 0 Å². The zero-order chi connectivity index (χ0) is 13.1. The number of hydrogen-bond acceptors (Lipinski definition) is 3. The number of amides is 1. The summed E-state index contributed by atoms with van der Waals surface area (Å²) in [5.41, 5.74) is -0.807. The molecule has 0 bridgehead atoms. The Morgan fingerprint density at radius 2 is 2.06 bits per heavy atom. The highest BCUT2D eigenvalue weighted by Crippen LogP contribution is 2.20. The van der Waals surface area contributed by atoms with Crippen LogP contribution in [-0.4, -0.2) is 23.5 Å². The van der Waals surface area contributed by atoms with Gasteiger partial charge in [-0.1, -0.05) is 0 Å². The second-order valence-corrected chi connectivity index (χ2v) is 5.89. The molecule has 17 heavy (non-hydrogen) atoms. The van der Waals surface area contributed by atoms with Gasteiger partial charge in [-0.15, -0.1) is 11.3 Å². The molecule has 0 atom stereocenters. The molecule has 1 aromatic rings. The Morgan fingerprint density at radius 1 is 1.41 bits per heavy atom. The Labute approximate surface area is 105 Å². The van der Waals surface area contributed by atoms with Crippen LogP contribution in [0.3, 0.4) is 0 Å². The minimum absolute atomic E-state index is 0.135. The molecule has 0 fully saturated rings. The number of hydrogen-bond donors (Lipinski definition) is 2. The molecule has 0 aliphatic rings. The zero-order valence-electron chi connectivity index (χ0n) is 10.2. The molecular formula is C12H17NO3S. The average Bonchev–Trinajstić information content (AvgIpc) is 2.64. The van der Waals surface area contributed by atoms with Gasteiger partial charge in [-0.2, -0.15) is 0 Å². The van der Waals surface area contributed by atoms with Crippen LogP contribution >= 0.6 is 11.3 Å². The molecule has 0 saturated heterocycles. The van der Waals surface area contributed by atoms with Crippen molar-refractivity contribution in [2.75, 3.05) is 6.54 Å². The first-order valence-corrected chi connectivity index (χ1v) is 6.22. The third-order valence-electron chi connectivity index (χ3n) is 2.58. The van der Waals surface area contributed by atoms with Gasteiger partial charge in [0.25, 0.3) is 5.91 Å². The van der Waals surface area contributed by atoms with E-state index in [4.69, 9.17) is 5.11 Å². The fourth-order valence-corrected chi connectivity index (χ4v) is 2.02. The quantitative estimate of drug-likeness (QED) is 0.848. The molecule has 0 saturated carbocycles. The van der Waals surface area contributed by atoms with Gasteiger partial charge in [0.2, 0.25) is 0 Å². The maximum atomic E-state index is 11.7. The van der Waals surface area contributed by atoms with Crippen molar-refractivity contribution in [1.82, 2.24) is 5.32 Å². The van der Waals surface area contributed by atoms with E-state index in [2.05, 4.69) is 5.32 Å². The Bertz CT molecular complexity index is 423. The standard InChI is InChI=1S/C12H17NO3S/c1-8-4-5-9(17-8)10(14)13-7-6-12(2,3)11(15)16/h4-5H,6-7H2,1-3H3,(H,13,14)(H,15,16). The van der Waals surface area contributed by atoms with Crippen LogP contribution in [0.1, 0.15) is 34.8 Å². The Kier molecular flexibility index (Phi) is 4.28. The van der Waals surface area contributed by atoms with Gasteiger partial charge in [0, 0.05) is 11.4 Å². The van der Waals surface area contributed by atoms with Gasteiger partial charge >= 0.3 is 5.97 Å². The molecule has 0 aliphatic carbocycles. The molecule has 1 aromatic heterocycles. The van der Waals surface area contributed by atoms with Crippen LogP contribution < -0.4 is 5.32 Å². The average molecular weight is 255 g/mol. The van der Waals surface area contributed by atoms with Crippen molar-refractivity contribution >= 4 is 23.2 Å². The van der Waals surface area contributed by atoms with Crippen LogP contribution in [0.25, 0.3) is 0 Å². The van der Waals surface area contributed by atoms with E-state index < -0.39 is 11.4 Å². The number of carboxylic acids is 1. The highest BCUT2D eigenvalue weighted by Gasteiger charge is 2.26. The maximum Gasteiger partial charge on any atom is 0.309 e. The minimum Gasteiger partial charge on any atom is -0.481 e. The molecule has 1 heterocycles. The minimum atomic E-state index is -0.848. The normalized spacial score (nSPS) is 11.2. The molecule has 1 rings (SSSR count). The van der Waals surface area contributed by atoms with E-state index in [1.165, 1.54) is 11.3 Å². The van der Waals surface area contributed by atoms with Gasteiger partial charge in [0.05, 0.1) is 10.3 Å². The molecule has 0 unspecified atom stereocenters. The van der Waals surface area contributed by atoms with Crippen molar-refractivity contribution in [3.63, 3.8) is 0 Å². The lowest BCUT2D eigenvalue weighted by Crippen LogP contribution is -2.31. The summed E-state index contributed by atoms with van der Waals surface area (Å²) >= 11 is 1.43. The highest BCUT2D eigenvalue weighted by atomic mass is 32.1. The third kappa shape index (κ3) is 3.85. The SMILES string of the molecule is Cc1ccc(C(=O)NCCC(C)(C)C(=O)O)s1. The molecule has 0 spiro atoms. The van der Waals surface area contributed by atoms with Crippen molar-refractivity contribution in [2.45, 2.75) is 27.2 Å². The molecule has 4 nitrogen and oxygen atoms in total. The highest BCUT2D eigenvalue weighted by molar-refractivity contribution is 7.13. The van der Waals surface area contributed by atoms with Crippen LogP contribution in [0, 0.1) is 12.3 Å². The summed E-state index contributed by atoms with van der Waals surface area (Å²) in [6.07, 6.45) is 0.415. The summed E-state index contributed by atoms with van der Waals surface area (Å²) in [6, 6.07) is 3.67. The van der Waals surface area contributed by atoms with E-state index in [0.29, 0.717) is 17.8 Å². The van der Waals surface area contributed by atoms with Crippen LogP contribution in [-0.2, 0) is 4.79 Å². The summed E-state index contributed by atoms with van der Waals surface area (Å²) in [5, 5.41) is 11.6. The van der Waals surface area contributed by atoms with Gasteiger partial charge in [-0.05, 0) is 39.3 Å². The number of rotatable bonds is 5. The van der Waals surface area contributed by atoms with Crippen molar-refractivity contribution in [3.8, 4) is 0 Å². The molecule has 0 aromatic carbocycles. The smallest absolute Gasteiger partial charge is 0.309 e. The summed E-state index contributed by atoms with van der Waals surface area (Å²) in [6.45, 7) is 5.61. The fraction of sp³-hybridized carbons (Fsp3) is 0.500. The predicted octanol–water partition coefficient (Wildman–Crippen LogP) is 2.29. The van der Waals surface area contributed by atoms with E-state index in [0.717, 1.165) is 4.88 Å². The predicted molar refractivity (Wildman–Crippen MR) is 67.4 cm³/mol. The lowest BCUT2D eigenvalue weighted by molar-refractivity contribution is -0.147. The van der Waals surface area contributed by atoms with Gasteiger partial charge in [0.15, 0.2) is 0 Å². The number of aliphatic carboxylic acids is 1. The molecule has 2 N–H and O–H groups in total. The van der Waals surface area contributed by atoms with Gasteiger partial charge in [-0.25, -0.2) is 0 Å². The first-order chi connectivity index (χ1) is 7.83. The van der Waals surface area contributed by atoms with Gasteiger partial charge < -0.3 is 10.4 Å². The van der Waals surface area contributed by atoms with Crippen molar-refractivity contribution < 1.29 is 14.7 Å². The number of thiophene rings is 1. The molecule has 1 amide bonds. The van der Waals surface area contributed by atoms with E-state index in [1.54, 1.807) is 19.9 Å². The second-order valence-electron chi connectivity index (χ2n) is 4.61. The largest absolute Gasteiger partial charge is 0.481 e. The van der Waals surface area contributed by atoms with E-state index >= 15 is 0 Å². The molecule has 5 heteroatoms. The molecular weight excluding hydrogens is 238 g/mol. The second kappa shape index (κ2) is 5.31. The van der Waals surface area contributed by atoms with Crippen molar-refractivity contribution in [1.29, 1.82) is 0 Å². The number of carboxylic acid groups (broad SMARTS) is 1. The van der Waals surface area contributed by atoms with Crippen LogP contribution in [0.2, 0.25) is 0 Å². The number of nitrogens with one attached hydrogen (secondary N) is 1. The number of carbonyl (C=O) groups excluding carboxylic acids is 1. The topological polar surface area (TPSA) is 66.4 Å². The monoisotopic (exact) mass is 255 g/mol. The van der Waals surface area contributed by atoms with E-state index in [9.17, 15) is 9.59 Å². The van der Waals surface area contributed by atoms with Crippen molar-refractivity contribution in [3.05, 3.63) is 21.9 Å². The lowest BCUT2D eigenvalue weighted by Gasteiger charge is -2.18. The van der Waals surface area contributed by atoms with Crippen LogP contribution in [0.4, 0.5) is 0 Å². The van der Waals surface area contributed by atoms with Crippen LogP contribution in [0.5, 0.6) is 0 Å². The van der Waals surface area contributed by atoms with Crippen molar-refractivity contribution in [2.24, 2.45) is 5.41 Å².